The summed E-state index contributed by atoms with van der Waals surface area (Å²) in [4.78, 5) is 41.7. The molecule has 0 atom stereocenters. The summed E-state index contributed by atoms with van der Waals surface area (Å²) in [6, 6.07) is 9.73. The van der Waals surface area contributed by atoms with Crippen LogP contribution in [0.15, 0.2) is 61.2 Å². The van der Waals surface area contributed by atoms with Gasteiger partial charge in [0.2, 0.25) is 11.9 Å². The molecule has 20 nitrogen and oxygen atoms in total. The number of anilines is 4. The van der Waals surface area contributed by atoms with Gasteiger partial charge in [0.15, 0.2) is 11.6 Å². The van der Waals surface area contributed by atoms with Gasteiger partial charge < -0.3 is 49.7 Å². The molecule has 0 aliphatic carbocycles. The number of nitrogens with one attached hydrogen (secondary N) is 6. The van der Waals surface area contributed by atoms with Crippen LogP contribution in [-0.4, -0.2) is 129 Å². The molecule has 0 radical (unpaired) electrons. The molecule has 74 heavy (non-hydrogen) atoms. The first-order valence-electron chi connectivity index (χ1n) is 23.3. The maximum Gasteiger partial charge on any atom is 0.407 e. The smallest absolute Gasteiger partial charge is 0.407 e. The summed E-state index contributed by atoms with van der Waals surface area (Å²) in [6.45, 7) is 10.4. The van der Waals surface area contributed by atoms with Gasteiger partial charge in [-0.3, -0.25) is 9.36 Å². The number of carbonyl (C=O) groups excluding carboxylic acids is 2. The Morgan fingerprint density at radius 1 is 0.689 bits per heavy atom. The molecule has 8 rings (SSSR count). The minimum Gasteiger partial charge on any atom is -0.453 e. The summed E-state index contributed by atoms with van der Waals surface area (Å²) in [7, 11) is 2.64. The molecule has 0 spiro atoms. The van der Waals surface area contributed by atoms with E-state index < -0.39 is 34.9 Å². The Morgan fingerprint density at radius 3 is 1.51 bits per heavy atom. The Labute approximate surface area is 445 Å². The Kier molecular flexibility index (Phi) is 18.7. The van der Waals surface area contributed by atoms with E-state index in [9.17, 15) is 9.59 Å². The summed E-state index contributed by atoms with van der Waals surface area (Å²) in [5, 5.41) is 22.2. The molecule has 6 heterocycles. The van der Waals surface area contributed by atoms with Gasteiger partial charge in [0.05, 0.1) is 55.7 Å². The number of benzene rings is 2. The topological polar surface area (TPSA) is 230 Å². The molecule has 2 saturated heterocycles. The third-order valence-electron chi connectivity index (χ3n) is 11.9. The number of rotatable bonds is 18. The fraction of sp³-hybridized carbons (Fsp3) is 0.417. The molecular weight excluding hydrogens is 1040 g/mol. The number of amides is 2. The molecule has 6 N–H and O–H groups in total. The highest BCUT2D eigenvalue weighted by atomic mass is 35.5. The van der Waals surface area contributed by atoms with Crippen molar-refractivity contribution in [2.75, 3.05) is 86.3 Å². The molecule has 6 aromatic rings. The molecule has 2 aliphatic heterocycles. The van der Waals surface area contributed by atoms with Gasteiger partial charge in [-0.1, -0.05) is 47.1 Å². The van der Waals surface area contributed by atoms with Gasteiger partial charge in [-0.15, -0.1) is 0 Å². The van der Waals surface area contributed by atoms with E-state index in [1.54, 1.807) is 58.5 Å². The highest BCUT2D eigenvalue weighted by Gasteiger charge is 2.41. The molecule has 0 saturated carbocycles. The van der Waals surface area contributed by atoms with Crippen molar-refractivity contribution in [1.82, 2.24) is 50.1 Å². The zero-order valence-electron chi connectivity index (χ0n) is 41.9. The molecule has 4 aromatic heterocycles. The van der Waals surface area contributed by atoms with Crippen molar-refractivity contribution in [1.29, 1.82) is 0 Å². The van der Waals surface area contributed by atoms with Crippen LogP contribution >= 0.6 is 47.1 Å². The number of alkyl carbamates (subject to hydrolysis) is 2. The van der Waals surface area contributed by atoms with Crippen LogP contribution in [0.3, 0.4) is 0 Å². The minimum atomic E-state index is -0.620. The normalized spacial score (nSPS) is 14.6. The first kappa shape index (κ1) is 55.6. The first-order valence-corrected chi connectivity index (χ1v) is 26.5. The third-order valence-corrected chi connectivity index (χ3v) is 13.2. The number of hydrogen-bond acceptors (Lipinski definition) is 18. The van der Waals surface area contributed by atoms with Crippen molar-refractivity contribution < 1.29 is 37.3 Å². The van der Waals surface area contributed by atoms with Gasteiger partial charge in [-0.2, -0.15) is 10.2 Å². The van der Waals surface area contributed by atoms with E-state index in [2.05, 4.69) is 55.9 Å². The number of halogens is 4. The van der Waals surface area contributed by atoms with Gasteiger partial charge in [-0.05, 0) is 76.9 Å². The van der Waals surface area contributed by atoms with Crippen molar-refractivity contribution in [3.8, 4) is 45.0 Å². The van der Waals surface area contributed by atoms with Crippen LogP contribution in [0.4, 0.5) is 41.6 Å². The molecule has 396 valence electrons. The highest BCUT2D eigenvalue weighted by molar-refractivity contribution is 8.00. The van der Waals surface area contributed by atoms with Gasteiger partial charge in [0.25, 0.3) is 0 Å². The molecule has 2 aliphatic rings. The summed E-state index contributed by atoms with van der Waals surface area (Å²) in [6.07, 6.45) is 10.7. The number of carbonyl (C=O) groups is 2. The van der Waals surface area contributed by atoms with Crippen LogP contribution in [0.5, 0.6) is 0 Å². The fourth-order valence-electron chi connectivity index (χ4n) is 7.87. The summed E-state index contributed by atoms with van der Waals surface area (Å²) >= 11 is 15.2. The second-order valence-corrected chi connectivity index (χ2v) is 19.9. The first-order chi connectivity index (χ1) is 35.5. The maximum absolute atomic E-state index is 15.5. The van der Waals surface area contributed by atoms with Gasteiger partial charge in [-0.25, -0.2) is 38.3 Å². The van der Waals surface area contributed by atoms with Crippen molar-refractivity contribution in [2.24, 2.45) is 0 Å². The minimum absolute atomic E-state index is 0.0331. The van der Waals surface area contributed by atoms with Crippen molar-refractivity contribution in [3.05, 3.63) is 82.9 Å². The van der Waals surface area contributed by atoms with E-state index in [1.807, 2.05) is 40.1 Å². The molecule has 26 heteroatoms. The Bertz CT molecular complexity index is 2920. The quantitative estimate of drug-likeness (QED) is 0.0440. The summed E-state index contributed by atoms with van der Waals surface area (Å²) < 4.78 is 60.7. The van der Waals surface area contributed by atoms with Gasteiger partial charge >= 0.3 is 12.2 Å². The Morgan fingerprint density at radius 2 is 1.12 bits per heavy atom. The number of aromatic nitrogens is 8. The molecule has 0 bridgehead atoms. The Hall–Kier alpha value is -6.18. The lowest BCUT2D eigenvalue weighted by Crippen LogP contribution is -2.65. The predicted molar refractivity (Wildman–Crippen MR) is 287 cm³/mol. The molecule has 0 unspecified atom stereocenters. The summed E-state index contributed by atoms with van der Waals surface area (Å²) in [5.74, 6) is -0.219. The van der Waals surface area contributed by atoms with Crippen LogP contribution in [-0.2, 0) is 18.9 Å². The van der Waals surface area contributed by atoms with Crippen LogP contribution < -0.4 is 30.7 Å². The molecule has 2 fully saturated rings. The van der Waals surface area contributed by atoms with Crippen LogP contribution in [0, 0.1) is 11.6 Å². The number of hydrogen-bond donors (Lipinski definition) is 6. The van der Waals surface area contributed by atoms with Crippen molar-refractivity contribution >= 4 is 82.6 Å². The summed E-state index contributed by atoms with van der Waals surface area (Å²) in [5.41, 5.74) is 3.07. The van der Waals surface area contributed by atoms with Crippen molar-refractivity contribution in [2.45, 2.75) is 63.7 Å². The number of methoxy groups -OCH3 is 2. The largest absolute Gasteiger partial charge is 0.453 e. The third kappa shape index (κ3) is 13.4. The Balaban J connectivity index is 0.000000217. The second kappa shape index (κ2) is 24.9. The maximum atomic E-state index is 15.5. The molecular formula is C48H58Cl2F2N14O6S2. The van der Waals surface area contributed by atoms with Crippen LogP contribution in [0.1, 0.15) is 52.6 Å². The lowest BCUT2D eigenvalue weighted by Gasteiger charge is -2.41. The van der Waals surface area contributed by atoms with Crippen LogP contribution in [0.25, 0.3) is 45.0 Å². The lowest BCUT2D eigenvalue weighted by molar-refractivity contribution is -0.0639. The van der Waals surface area contributed by atoms with Gasteiger partial charge in [0.1, 0.15) is 16.9 Å². The van der Waals surface area contributed by atoms with E-state index in [-0.39, 0.29) is 34.6 Å². The fourth-order valence-corrected chi connectivity index (χ4v) is 9.04. The SMILES string of the molecule is COC(=O)NC1(CNc2nccc(-c3cn(C(C)C)nc3-c3cc(Cl)cc(NSC)c3F)n2)CCOCC1.COC(=O)NC1(CNc2nccc(-c3cn(C(C)C)nc3-c3cc(Cl)cc(NSC)c3F)n2)COC1. The average Bonchev–Trinajstić information content (AvgIpc) is 4.04. The van der Waals surface area contributed by atoms with E-state index in [4.69, 9.17) is 47.1 Å². The second-order valence-electron chi connectivity index (χ2n) is 17.8. The van der Waals surface area contributed by atoms with E-state index in [0.29, 0.717) is 108 Å². The zero-order valence-corrected chi connectivity index (χ0v) is 45.1. The highest BCUT2D eigenvalue weighted by Crippen LogP contribution is 2.39. The number of ether oxygens (including phenoxy) is 4. The van der Waals surface area contributed by atoms with Crippen molar-refractivity contribution in [3.63, 3.8) is 0 Å². The van der Waals surface area contributed by atoms with E-state index in [0.717, 1.165) is 0 Å². The lowest BCUT2D eigenvalue weighted by atomic mass is 9.90. The van der Waals surface area contributed by atoms with E-state index in [1.165, 1.54) is 50.2 Å². The predicted octanol–water partition coefficient (Wildman–Crippen LogP) is 9.99. The molecule has 2 aromatic carbocycles. The van der Waals surface area contributed by atoms with Gasteiger partial charge in [0, 0.05) is 108 Å². The average molecular weight is 1100 g/mol. The molecule has 2 amide bonds. The zero-order chi connectivity index (χ0) is 53.2. The van der Waals surface area contributed by atoms with E-state index >= 15 is 8.78 Å². The monoisotopic (exact) mass is 1100 g/mol. The standard InChI is InChI=1S/C25H31ClFN7O3S.C23H27ClFN7O3S/c1-15(2)34-13-18(22(32-34)17-11-16(26)12-20(21(17)27)33-38-4)19-5-8-28-23(30-19)29-14-25(31-24(35)36-3)6-9-37-10-7-25;1-13(2)32-9-16(20(30-32)15-7-14(24)8-18(19(15)25)31-36-4)17-5-6-26-21(28-17)27-10-23(11-35-12-23)29-22(33)34-3/h5,8,11-13,15,33H,6-7,9-10,14H2,1-4H3,(H,31,35)(H,28,29,30);5-9,13,31H,10-12H2,1-4H3,(H,29,33)(H,26,27,28). The van der Waals surface area contributed by atoms with Crippen LogP contribution in [0.2, 0.25) is 10.0 Å². The number of nitrogens with zero attached hydrogens (tertiary/aromatic N) is 8.